The smallest absolute Gasteiger partial charge is 0.323 e. The summed E-state index contributed by atoms with van der Waals surface area (Å²) in [6, 6.07) is 7.26. The van der Waals surface area contributed by atoms with E-state index in [2.05, 4.69) is 15.2 Å². The molecule has 0 aliphatic carbocycles. The van der Waals surface area contributed by atoms with Crippen LogP contribution in [-0.2, 0) is 14.3 Å². The zero-order valence-corrected chi connectivity index (χ0v) is 11.5. The van der Waals surface area contributed by atoms with Gasteiger partial charge in [-0.05, 0) is 23.7 Å². The Balaban J connectivity index is 1.75. The Morgan fingerprint density at radius 3 is 3.00 bits per heavy atom. The van der Waals surface area contributed by atoms with Crippen molar-refractivity contribution < 1.29 is 19.1 Å². The van der Waals surface area contributed by atoms with Crippen LogP contribution in [0.4, 0.5) is 0 Å². The second-order valence-electron chi connectivity index (χ2n) is 4.55. The van der Waals surface area contributed by atoms with E-state index in [9.17, 15) is 4.79 Å². The van der Waals surface area contributed by atoms with Crippen LogP contribution in [0.1, 0.15) is 12.0 Å². The van der Waals surface area contributed by atoms with E-state index in [1.54, 1.807) is 0 Å². The molecule has 0 spiro atoms. The number of aryl methyl sites for hydroxylation is 1. The second kappa shape index (κ2) is 6.91. The third-order valence-corrected chi connectivity index (χ3v) is 3.12. The number of oxime groups is 1. The van der Waals surface area contributed by atoms with E-state index in [-0.39, 0.29) is 18.1 Å². The molecule has 2 rings (SSSR count). The van der Waals surface area contributed by atoms with E-state index < -0.39 is 0 Å². The quantitative estimate of drug-likeness (QED) is 0.380. The SMILES string of the molecule is COC(=O)[C@@H]1C[C@@H](O/C=N/Oc2ccccc2C)CN1. The monoisotopic (exact) mass is 278 g/mol. The van der Waals surface area contributed by atoms with Gasteiger partial charge in [-0.3, -0.25) is 4.79 Å². The molecule has 2 atom stereocenters. The van der Waals surface area contributed by atoms with Crippen LogP contribution in [0.15, 0.2) is 29.4 Å². The first kappa shape index (κ1) is 14.3. The molecule has 1 aliphatic rings. The molecule has 20 heavy (non-hydrogen) atoms. The van der Waals surface area contributed by atoms with Crippen molar-refractivity contribution in [3.05, 3.63) is 29.8 Å². The molecule has 1 saturated heterocycles. The van der Waals surface area contributed by atoms with Gasteiger partial charge in [-0.1, -0.05) is 18.2 Å². The lowest BCUT2D eigenvalue weighted by atomic mass is 10.2. The predicted octanol–water partition coefficient (Wildman–Crippen LogP) is 1.24. The summed E-state index contributed by atoms with van der Waals surface area (Å²) < 4.78 is 10.1. The predicted molar refractivity (Wildman–Crippen MR) is 73.6 cm³/mol. The molecule has 1 heterocycles. The molecule has 0 saturated carbocycles. The van der Waals surface area contributed by atoms with E-state index in [4.69, 9.17) is 9.57 Å². The Morgan fingerprint density at radius 2 is 2.25 bits per heavy atom. The lowest BCUT2D eigenvalue weighted by Crippen LogP contribution is -2.31. The lowest BCUT2D eigenvalue weighted by molar-refractivity contribution is -0.142. The van der Waals surface area contributed by atoms with Crippen LogP contribution in [0, 0.1) is 6.92 Å². The average Bonchev–Trinajstić information content (AvgIpc) is 2.93. The topological polar surface area (TPSA) is 69.2 Å². The summed E-state index contributed by atoms with van der Waals surface area (Å²) in [7, 11) is 1.37. The highest BCUT2D eigenvalue weighted by Gasteiger charge is 2.30. The van der Waals surface area contributed by atoms with E-state index in [1.807, 2.05) is 31.2 Å². The summed E-state index contributed by atoms with van der Waals surface area (Å²) in [6.45, 7) is 2.52. The molecule has 1 fully saturated rings. The number of nitrogens with one attached hydrogen (secondary N) is 1. The largest absolute Gasteiger partial charge is 0.476 e. The van der Waals surface area contributed by atoms with Crippen molar-refractivity contribution in [3.63, 3.8) is 0 Å². The molecular formula is C14H18N2O4. The highest BCUT2D eigenvalue weighted by atomic mass is 16.6. The molecule has 1 N–H and O–H groups in total. The first-order chi connectivity index (χ1) is 9.70. The van der Waals surface area contributed by atoms with Gasteiger partial charge in [0.25, 0.3) is 0 Å². The fourth-order valence-corrected chi connectivity index (χ4v) is 1.98. The molecule has 0 radical (unpaired) electrons. The number of hydrogen-bond donors (Lipinski definition) is 1. The molecule has 108 valence electrons. The molecule has 0 unspecified atom stereocenters. The Morgan fingerprint density at radius 1 is 1.45 bits per heavy atom. The molecule has 0 aromatic heterocycles. The molecule has 1 aromatic rings. The van der Waals surface area contributed by atoms with E-state index in [1.165, 1.54) is 13.5 Å². The number of hydrogen-bond acceptors (Lipinski definition) is 6. The molecule has 0 bridgehead atoms. The van der Waals surface area contributed by atoms with Crippen molar-refractivity contribution in [1.82, 2.24) is 5.32 Å². The number of benzene rings is 1. The Kier molecular flexibility index (Phi) is 4.95. The van der Waals surface area contributed by atoms with Crippen molar-refractivity contribution in [2.75, 3.05) is 13.7 Å². The molecular weight excluding hydrogens is 260 g/mol. The van der Waals surface area contributed by atoms with Crippen LogP contribution in [0.25, 0.3) is 0 Å². The van der Waals surface area contributed by atoms with Crippen molar-refractivity contribution in [3.8, 4) is 5.75 Å². The van der Waals surface area contributed by atoms with E-state index in [0.717, 1.165) is 5.56 Å². The molecule has 1 aliphatic heterocycles. The van der Waals surface area contributed by atoms with Crippen molar-refractivity contribution >= 4 is 12.4 Å². The van der Waals surface area contributed by atoms with Gasteiger partial charge in [0.2, 0.25) is 6.40 Å². The van der Waals surface area contributed by atoms with Crippen LogP contribution in [0.5, 0.6) is 5.75 Å². The maximum absolute atomic E-state index is 11.3. The maximum atomic E-state index is 11.3. The standard InChI is InChI=1S/C14H18N2O4/c1-10-5-3-4-6-13(10)20-16-9-19-11-7-12(15-8-11)14(17)18-2/h3-6,9,11-12,15H,7-8H2,1-2H3/b16-9+/t11-,12+/m1/s1. The molecule has 0 amide bonds. The van der Waals surface area contributed by atoms with Gasteiger partial charge in [0.1, 0.15) is 12.1 Å². The van der Waals surface area contributed by atoms with Crippen molar-refractivity contribution in [2.45, 2.75) is 25.5 Å². The third kappa shape index (κ3) is 3.71. The van der Waals surface area contributed by atoms with Gasteiger partial charge in [-0.25, -0.2) is 0 Å². The van der Waals surface area contributed by atoms with Gasteiger partial charge in [-0.15, -0.1) is 0 Å². The van der Waals surface area contributed by atoms with Crippen molar-refractivity contribution in [1.29, 1.82) is 0 Å². The highest BCUT2D eigenvalue weighted by molar-refractivity contribution is 5.76. The summed E-state index contributed by atoms with van der Waals surface area (Å²) in [4.78, 5) is 16.5. The van der Waals surface area contributed by atoms with Gasteiger partial charge in [-0.2, -0.15) is 0 Å². The van der Waals surface area contributed by atoms with Crippen LogP contribution in [0.3, 0.4) is 0 Å². The van der Waals surface area contributed by atoms with E-state index >= 15 is 0 Å². The summed E-state index contributed by atoms with van der Waals surface area (Å²) in [5.41, 5.74) is 0.998. The minimum atomic E-state index is -0.310. The first-order valence-corrected chi connectivity index (χ1v) is 6.42. The second-order valence-corrected chi connectivity index (χ2v) is 4.55. The number of carbonyl (C=O) groups is 1. The summed E-state index contributed by atoms with van der Waals surface area (Å²) in [5.74, 6) is 0.411. The van der Waals surface area contributed by atoms with Crippen LogP contribution in [0.2, 0.25) is 0 Å². The fraction of sp³-hybridized carbons (Fsp3) is 0.429. The van der Waals surface area contributed by atoms with Crippen LogP contribution >= 0.6 is 0 Å². The number of para-hydroxylation sites is 1. The average molecular weight is 278 g/mol. The summed E-state index contributed by atoms with van der Waals surface area (Å²) in [5, 5.41) is 6.79. The molecule has 6 heteroatoms. The number of esters is 1. The Bertz CT molecular complexity index is 490. The van der Waals surface area contributed by atoms with Gasteiger partial charge >= 0.3 is 5.97 Å². The highest BCUT2D eigenvalue weighted by Crippen LogP contribution is 2.16. The van der Waals surface area contributed by atoms with E-state index in [0.29, 0.717) is 18.7 Å². The number of ether oxygens (including phenoxy) is 2. The number of nitrogens with zero attached hydrogens (tertiary/aromatic N) is 1. The van der Waals surface area contributed by atoms with Crippen molar-refractivity contribution in [2.24, 2.45) is 5.16 Å². The minimum Gasteiger partial charge on any atom is -0.476 e. The zero-order chi connectivity index (χ0) is 14.4. The summed E-state index contributed by atoms with van der Waals surface area (Å²) in [6.07, 6.45) is 1.71. The Hall–Kier alpha value is -2.08. The van der Waals surface area contributed by atoms with Gasteiger partial charge in [0.05, 0.1) is 7.11 Å². The normalized spacial score (nSPS) is 21.9. The lowest BCUT2D eigenvalue weighted by Gasteiger charge is -2.08. The number of carbonyl (C=O) groups excluding carboxylic acids is 1. The number of rotatable bonds is 5. The maximum Gasteiger partial charge on any atom is 0.323 e. The van der Waals surface area contributed by atoms with Crippen LogP contribution < -0.4 is 10.2 Å². The molecule has 1 aromatic carbocycles. The van der Waals surface area contributed by atoms with Gasteiger partial charge in [0, 0.05) is 13.0 Å². The zero-order valence-electron chi connectivity index (χ0n) is 11.5. The van der Waals surface area contributed by atoms with Gasteiger partial charge in [0.15, 0.2) is 5.75 Å². The fourth-order valence-electron chi connectivity index (χ4n) is 1.98. The Labute approximate surface area is 117 Å². The molecule has 6 nitrogen and oxygen atoms in total. The third-order valence-electron chi connectivity index (χ3n) is 3.12. The minimum absolute atomic E-state index is 0.108. The first-order valence-electron chi connectivity index (χ1n) is 6.42. The number of methoxy groups -OCH3 is 1. The summed E-state index contributed by atoms with van der Waals surface area (Å²) >= 11 is 0. The van der Waals surface area contributed by atoms with Crippen LogP contribution in [-0.4, -0.2) is 38.2 Å². The van der Waals surface area contributed by atoms with Gasteiger partial charge < -0.3 is 19.6 Å².